The minimum atomic E-state index is -2.54. The standard InChI is InChI=1S/C22H25N3O6/c1-25(2)14-7-12(21(24)30)19(28)22(31)13(14)6-11-5-9-3-4-10(8-23)17(26)15(9)18(27)16(11)20(22)29/h3-4,7,11,13-14,26-27,31H,5-6,8,23H2,1-2H3,(H2,24,30)/t11-,13-,14+,22+/m0/s1. The number of hydrogen-bond donors (Lipinski definition) is 5. The highest BCUT2D eigenvalue weighted by molar-refractivity contribution is 6.32. The van der Waals surface area contributed by atoms with E-state index in [2.05, 4.69) is 0 Å². The molecule has 31 heavy (non-hydrogen) atoms. The van der Waals surface area contributed by atoms with E-state index in [1.54, 1.807) is 31.1 Å². The van der Waals surface area contributed by atoms with Gasteiger partial charge < -0.3 is 31.7 Å². The molecule has 4 rings (SSSR count). The third kappa shape index (κ3) is 2.77. The van der Waals surface area contributed by atoms with Gasteiger partial charge in [0, 0.05) is 29.6 Å². The Kier molecular flexibility index (Phi) is 4.80. The maximum atomic E-state index is 13.6. The zero-order valence-electron chi connectivity index (χ0n) is 17.3. The van der Waals surface area contributed by atoms with Crippen molar-refractivity contribution in [2.75, 3.05) is 14.1 Å². The normalized spacial score (nSPS) is 30.0. The molecule has 7 N–H and O–H groups in total. The maximum Gasteiger partial charge on any atom is 0.252 e. The number of nitrogens with two attached hydrogens (primary N) is 2. The van der Waals surface area contributed by atoms with Gasteiger partial charge in [-0.15, -0.1) is 0 Å². The summed E-state index contributed by atoms with van der Waals surface area (Å²) < 4.78 is 0. The van der Waals surface area contributed by atoms with Crippen LogP contribution >= 0.6 is 0 Å². The summed E-state index contributed by atoms with van der Waals surface area (Å²) >= 11 is 0. The zero-order chi connectivity index (χ0) is 22.8. The van der Waals surface area contributed by atoms with Crippen molar-refractivity contribution in [3.8, 4) is 5.75 Å². The third-order valence-electron chi connectivity index (χ3n) is 6.80. The number of primary amides is 1. The van der Waals surface area contributed by atoms with E-state index in [4.69, 9.17) is 11.5 Å². The average Bonchev–Trinajstić information content (AvgIpc) is 2.70. The molecule has 1 aromatic carbocycles. The lowest BCUT2D eigenvalue weighted by Crippen LogP contribution is -2.65. The van der Waals surface area contributed by atoms with E-state index >= 15 is 0 Å². The molecule has 1 saturated carbocycles. The largest absolute Gasteiger partial charge is 0.507 e. The summed E-state index contributed by atoms with van der Waals surface area (Å²) in [5, 5.41) is 33.0. The van der Waals surface area contributed by atoms with Gasteiger partial charge in [-0.1, -0.05) is 18.2 Å². The van der Waals surface area contributed by atoms with Crippen molar-refractivity contribution in [3.05, 3.63) is 46.0 Å². The topological polar surface area (TPSA) is 167 Å². The summed E-state index contributed by atoms with van der Waals surface area (Å²) in [7, 11) is 3.43. The molecule has 1 fully saturated rings. The van der Waals surface area contributed by atoms with E-state index in [9.17, 15) is 29.7 Å². The predicted molar refractivity (Wildman–Crippen MR) is 111 cm³/mol. The van der Waals surface area contributed by atoms with Gasteiger partial charge in [-0.25, -0.2) is 0 Å². The van der Waals surface area contributed by atoms with Gasteiger partial charge in [0.2, 0.25) is 11.6 Å². The molecule has 1 amide bonds. The fourth-order valence-electron chi connectivity index (χ4n) is 5.24. The lowest BCUT2D eigenvalue weighted by Gasteiger charge is -2.49. The fraction of sp³-hybridized carbons (Fsp3) is 0.409. The molecule has 164 valence electrons. The number of Topliss-reactive ketones (excluding diaryl/α,β-unsaturated/α-hetero) is 2. The van der Waals surface area contributed by atoms with Crippen LogP contribution < -0.4 is 11.5 Å². The second-order valence-corrected chi connectivity index (χ2v) is 8.64. The molecule has 3 aliphatic rings. The molecule has 3 aliphatic carbocycles. The number of aliphatic hydroxyl groups is 2. The lowest BCUT2D eigenvalue weighted by molar-refractivity contribution is -0.160. The summed E-state index contributed by atoms with van der Waals surface area (Å²) in [6.07, 6.45) is 1.96. The van der Waals surface area contributed by atoms with Crippen LogP contribution in [0.3, 0.4) is 0 Å². The Labute approximate surface area is 178 Å². The van der Waals surface area contributed by atoms with E-state index in [1.807, 2.05) is 0 Å². The van der Waals surface area contributed by atoms with Gasteiger partial charge in [0.05, 0.1) is 11.1 Å². The summed E-state index contributed by atoms with van der Waals surface area (Å²) in [6.45, 7) is 0.0287. The fourth-order valence-corrected chi connectivity index (χ4v) is 5.24. The zero-order valence-corrected chi connectivity index (χ0v) is 17.3. The minimum absolute atomic E-state index is 0.0287. The maximum absolute atomic E-state index is 13.6. The molecule has 9 nitrogen and oxygen atoms in total. The first-order valence-corrected chi connectivity index (χ1v) is 10.0. The minimum Gasteiger partial charge on any atom is -0.507 e. The number of hydrogen-bond acceptors (Lipinski definition) is 8. The van der Waals surface area contributed by atoms with Crippen molar-refractivity contribution in [2.45, 2.75) is 31.0 Å². The Morgan fingerprint density at radius 3 is 2.48 bits per heavy atom. The summed E-state index contributed by atoms with van der Waals surface area (Å²) in [4.78, 5) is 40.2. The highest BCUT2D eigenvalue weighted by Gasteiger charge is 2.62. The second-order valence-electron chi connectivity index (χ2n) is 8.64. The van der Waals surface area contributed by atoms with E-state index in [0.29, 0.717) is 17.5 Å². The first-order chi connectivity index (χ1) is 14.5. The molecule has 0 bridgehead atoms. The highest BCUT2D eigenvalue weighted by atomic mass is 16.3. The van der Waals surface area contributed by atoms with Crippen molar-refractivity contribution in [1.82, 2.24) is 4.90 Å². The van der Waals surface area contributed by atoms with Gasteiger partial charge >= 0.3 is 0 Å². The van der Waals surface area contributed by atoms with Gasteiger partial charge in [-0.2, -0.15) is 0 Å². The number of carbonyl (C=O) groups excluding carboxylic acids is 3. The Balaban J connectivity index is 1.92. The number of aliphatic hydroxyl groups excluding tert-OH is 1. The first-order valence-electron chi connectivity index (χ1n) is 10.0. The van der Waals surface area contributed by atoms with Crippen LogP contribution in [-0.2, 0) is 27.3 Å². The number of rotatable bonds is 3. The van der Waals surface area contributed by atoms with Crippen LogP contribution in [-0.4, -0.2) is 63.4 Å². The third-order valence-corrected chi connectivity index (χ3v) is 6.80. The van der Waals surface area contributed by atoms with Crippen molar-refractivity contribution < 1.29 is 29.7 Å². The van der Waals surface area contributed by atoms with Gasteiger partial charge in [0.25, 0.3) is 5.91 Å². The van der Waals surface area contributed by atoms with E-state index < -0.39 is 52.3 Å². The molecule has 4 atom stereocenters. The molecule has 0 unspecified atom stereocenters. The second kappa shape index (κ2) is 7.01. The Hall–Kier alpha value is -3.01. The van der Waals surface area contributed by atoms with Crippen LogP contribution in [0, 0.1) is 11.8 Å². The number of benzene rings is 1. The molecule has 0 aliphatic heterocycles. The van der Waals surface area contributed by atoms with Crippen LogP contribution in [0.5, 0.6) is 5.75 Å². The van der Waals surface area contributed by atoms with Crippen molar-refractivity contribution in [2.24, 2.45) is 23.3 Å². The van der Waals surface area contributed by atoms with Gasteiger partial charge in [-0.05, 0) is 38.4 Å². The molecule has 0 heterocycles. The van der Waals surface area contributed by atoms with Gasteiger partial charge in [0.15, 0.2) is 5.60 Å². The highest BCUT2D eigenvalue weighted by Crippen LogP contribution is 2.51. The molecule has 9 heteroatoms. The number of fused-ring (bicyclic) bond motifs is 3. The number of aromatic hydroxyl groups is 1. The molecule has 0 spiro atoms. The molecular weight excluding hydrogens is 402 g/mol. The van der Waals surface area contributed by atoms with Crippen LogP contribution in [0.1, 0.15) is 23.1 Å². The van der Waals surface area contributed by atoms with Crippen molar-refractivity contribution in [3.63, 3.8) is 0 Å². The monoisotopic (exact) mass is 427 g/mol. The van der Waals surface area contributed by atoms with Gasteiger partial charge in [0.1, 0.15) is 11.5 Å². The summed E-state index contributed by atoms with van der Waals surface area (Å²) in [5.74, 6) is -5.05. The smallest absolute Gasteiger partial charge is 0.252 e. The van der Waals surface area contributed by atoms with Crippen molar-refractivity contribution >= 4 is 23.2 Å². The average molecular weight is 427 g/mol. The quantitative estimate of drug-likeness (QED) is 0.319. The van der Waals surface area contributed by atoms with Crippen LogP contribution in [0.2, 0.25) is 0 Å². The number of carbonyl (C=O) groups is 3. The number of likely N-dealkylation sites (N-methyl/N-ethyl adjacent to an activating group) is 1. The Morgan fingerprint density at radius 1 is 1.23 bits per heavy atom. The summed E-state index contributed by atoms with van der Waals surface area (Å²) in [5.41, 5.74) is 9.02. The Morgan fingerprint density at radius 2 is 1.90 bits per heavy atom. The Bertz CT molecular complexity index is 1090. The molecular formula is C22H25N3O6. The van der Waals surface area contributed by atoms with Crippen LogP contribution in [0.25, 0.3) is 5.76 Å². The number of phenols is 1. The lowest BCUT2D eigenvalue weighted by atomic mass is 9.57. The van der Waals surface area contributed by atoms with E-state index in [1.165, 1.54) is 6.08 Å². The SMILES string of the molecule is CN(C)[C@@H]1C=C(C(N)=O)C(=O)[C@@]2(O)C(=O)C3=C(O)c4c(ccc(CN)c4O)C[C@H]3C[C@@H]12. The molecule has 0 saturated heterocycles. The van der Waals surface area contributed by atoms with Crippen LogP contribution in [0.15, 0.2) is 29.4 Å². The van der Waals surface area contributed by atoms with Crippen molar-refractivity contribution in [1.29, 1.82) is 0 Å². The number of phenolic OH excluding ortho intramolecular Hbond substituents is 1. The molecule has 0 aromatic heterocycles. The molecule has 1 aromatic rings. The summed E-state index contributed by atoms with van der Waals surface area (Å²) in [6, 6.07) is 2.82. The predicted octanol–water partition coefficient (Wildman–Crippen LogP) is -0.463. The number of nitrogens with zero attached hydrogens (tertiary/aromatic N) is 1. The first kappa shape index (κ1) is 21.2. The molecule has 0 radical (unpaired) electrons. The number of amides is 1. The number of ketones is 2. The van der Waals surface area contributed by atoms with Crippen LogP contribution in [0.4, 0.5) is 0 Å². The van der Waals surface area contributed by atoms with E-state index in [0.717, 1.165) is 0 Å². The van der Waals surface area contributed by atoms with E-state index in [-0.39, 0.29) is 29.9 Å². The van der Waals surface area contributed by atoms with Gasteiger partial charge in [-0.3, -0.25) is 14.4 Å².